The van der Waals surface area contributed by atoms with Crippen LogP contribution in [0.1, 0.15) is 11.1 Å². The fourth-order valence-electron chi connectivity index (χ4n) is 4.27. The topological polar surface area (TPSA) is 70.2 Å². The number of piperazine rings is 1. The lowest BCUT2D eigenvalue weighted by atomic mass is 10.2. The first-order valence-corrected chi connectivity index (χ1v) is 14.0. The highest BCUT2D eigenvalue weighted by Gasteiger charge is 2.30. The van der Waals surface area contributed by atoms with E-state index in [4.69, 9.17) is 27.9 Å². The van der Waals surface area contributed by atoms with Crippen molar-refractivity contribution in [3.63, 3.8) is 0 Å². The molecule has 0 atom stereocenters. The van der Waals surface area contributed by atoms with E-state index in [0.29, 0.717) is 41.8 Å². The van der Waals surface area contributed by atoms with Crippen LogP contribution in [0.4, 0.5) is 5.69 Å². The zero-order valence-electron chi connectivity index (χ0n) is 20.7. The van der Waals surface area contributed by atoms with Crippen molar-refractivity contribution in [3.8, 4) is 5.75 Å². The van der Waals surface area contributed by atoms with E-state index in [2.05, 4.69) is 4.90 Å². The SMILES string of the molecule is COc1ccccc1N1CCN(C(=O)CN(Cc2ccc(Cl)c(Cl)c2)S(=O)(=O)c2ccc(C)cc2)CC1. The second-order valence-corrected chi connectivity index (χ2v) is 11.6. The lowest BCUT2D eigenvalue weighted by Gasteiger charge is -2.37. The summed E-state index contributed by atoms with van der Waals surface area (Å²) in [5.74, 6) is 0.523. The normalized spacial score (nSPS) is 14.2. The molecule has 0 unspecified atom stereocenters. The molecule has 1 aliphatic rings. The van der Waals surface area contributed by atoms with Gasteiger partial charge >= 0.3 is 0 Å². The molecule has 10 heteroatoms. The van der Waals surface area contributed by atoms with E-state index in [1.807, 2.05) is 31.2 Å². The highest BCUT2D eigenvalue weighted by Crippen LogP contribution is 2.29. The second kappa shape index (κ2) is 11.7. The molecule has 196 valence electrons. The average molecular weight is 563 g/mol. The maximum Gasteiger partial charge on any atom is 0.243 e. The number of hydrogen-bond donors (Lipinski definition) is 0. The molecule has 1 amide bonds. The predicted molar refractivity (Wildman–Crippen MR) is 147 cm³/mol. The van der Waals surface area contributed by atoms with E-state index >= 15 is 0 Å². The molecule has 0 saturated carbocycles. The Labute approximate surface area is 228 Å². The van der Waals surface area contributed by atoms with Gasteiger partial charge in [-0.3, -0.25) is 4.79 Å². The summed E-state index contributed by atoms with van der Waals surface area (Å²) in [7, 11) is -2.32. The Kier molecular flexibility index (Phi) is 8.64. The van der Waals surface area contributed by atoms with Gasteiger partial charge in [0, 0.05) is 32.7 Å². The van der Waals surface area contributed by atoms with Crippen LogP contribution in [0.5, 0.6) is 5.75 Å². The van der Waals surface area contributed by atoms with Crippen molar-refractivity contribution in [2.75, 3.05) is 44.7 Å². The van der Waals surface area contributed by atoms with E-state index in [1.54, 1.807) is 54.5 Å². The number of aryl methyl sites for hydroxylation is 1. The number of rotatable bonds is 8. The van der Waals surface area contributed by atoms with Gasteiger partial charge in [0.15, 0.2) is 0 Å². The number of hydrogen-bond acceptors (Lipinski definition) is 5. The van der Waals surface area contributed by atoms with Gasteiger partial charge < -0.3 is 14.5 Å². The zero-order chi connectivity index (χ0) is 26.6. The van der Waals surface area contributed by atoms with Crippen molar-refractivity contribution < 1.29 is 17.9 Å². The number of nitrogens with zero attached hydrogens (tertiary/aromatic N) is 3. The fourth-order valence-corrected chi connectivity index (χ4v) is 5.96. The molecule has 0 radical (unpaired) electrons. The number of amides is 1. The third-order valence-corrected chi connectivity index (χ3v) is 8.92. The van der Waals surface area contributed by atoms with Crippen LogP contribution in [0, 0.1) is 6.92 Å². The number of benzene rings is 3. The predicted octanol–water partition coefficient (Wildman–Crippen LogP) is 4.85. The Morgan fingerprint density at radius 2 is 1.62 bits per heavy atom. The summed E-state index contributed by atoms with van der Waals surface area (Å²) >= 11 is 12.2. The summed E-state index contributed by atoms with van der Waals surface area (Å²) in [5.41, 5.74) is 2.55. The fraction of sp³-hybridized carbons (Fsp3) is 0.296. The third-order valence-electron chi connectivity index (χ3n) is 6.37. The Morgan fingerprint density at radius 3 is 2.27 bits per heavy atom. The molecule has 3 aromatic rings. The molecular weight excluding hydrogens is 533 g/mol. The number of carbonyl (C=O) groups is 1. The first-order valence-electron chi connectivity index (χ1n) is 11.9. The number of sulfonamides is 1. The molecule has 7 nitrogen and oxygen atoms in total. The average Bonchev–Trinajstić information content (AvgIpc) is 2.90. The van der Waals surface area contributed by atoms with Crippen molar-refractivity contribution >= 4 is 44.8 Å². The molecule has 3 aromatic carbocycles. The highest BCUT2D eigenvalue weighted by atomic mass is 35.5. The molecule has 1 saturated heterocycles. The molecule has 1 fully saturated rings. The first kappa shape index (κ1) is 27.3. The van der Waals surface area contributed by atoms with Crippen molar-refractivity contribution in [1.29, 1.82) is 0 Å². The smallest absolute Gasteiger partial charge is 0.243 e. The number of ether oxygens (including phenoxy) is 1. The van der Waals surface area contributed by atoms with E-state index in [1.165, 1.54) is 4.31 Å². The lowest BCUT2D eigenvalue weighted by Crippen LogP contribution is -2.51. The minimum atomic E-state index is -3.95. The van der Waals surface area contributed by atoms with E-state index in [-0.39, 0.29) is 23.9 Å². The highest BCUT2D eigenvalue weighted by molar-refractivity contribution is 7.89. The van der Waals surface area contributed by atoms with Crippen LogP contribution >= 0.6 is 23.2 Å². The molecule has 1 heterocycles. The number of anilines is 1. The minimum absolute atomic E-state index is 0.0139. The van der Waals surface area contributed by atoms with Gasteiger partial charge in [-0.2, -0.15) is 4.31 Å². The summed E-state index contributed by atoms with van der Waals surface area (Å²) in [6.07, 6.45) is 0. The van der Waals surface area contributed by atoms with Crippen molar-refractivity contribution in [2.24, 2.45) is 0 Å². The van der Waals surface area contributed by atoms with Crippen LogP contribution in [0.2, 0.25) is 10.0 Å². The largest absolute Gasteiger partial charge is 0.495 e. The molecule has 0 aromatic heterocycles. The zero-order valence-corrected chi connectivity index (χ0v) is 23.1. The summed E-state index contributed by atoms with van der Waals surface area (Å²) in [6, 6.07) is 19.3. The van der Waals surface area contributed by atoms with Crippen LogP contribution in [-0.4, -0.2) is 63.4 Å². The first-order chi connectivity index (χ1) is 17.7. The molecule has 0 N–H and O–H groups in total. The van der Waals surface area contributed by atoms with Gasteiger partial charge in [0.1, 0.15) is 5.75 Å². The van der Waals surface area contributed by atoms with Gasteiger partial charge in [-0.15, -0.1) is 0 Å². The summed E-state index contributed by atoms with van der Waals surface area (Å²) < 4.78 is 33.9. The maximum absolute atomic E-state index is 13.6. The maximum atomic E-state index is 13.6. The Balaban J connectivity index is 1.52. The monoisotopic (exact) mass is 561 g/mol. The van der Waals surface area contributed by atoms with E-state index < -0.39 is 10.0 Å². The molecule has 0 aliphatic carbocycles. The van der Waals surface area contributed by atoms with Crippen LogP contribution in [0.3, 0.4) is 0 Å². The Bertz CT molecular complexity index is 1360. The van der Waals surface area contributed by atoms with Gasteiger partial charge in [-0.1, -0.05) is 59.1 Å². The Hall–Kier alpha value is -2.78. The van der Waals surface area contributed by atoms with Crippen LogP contribution in [0.25, 0.3) is 0 Å². The lowest BCUT2D eigenvalue weighted by molar-refractivity contribution is -0.131. The minimum Gasteiger partial charge on any atom is -0.495 e. The molecule has 37 heavy (non-hydrogen) atoms. The summed E-state index contributed by atoms with van der Waals surface area (Å²) in [4.78, 5) is 17.4. The van der Waals surface area contributed by atoms with Crippen molar-refractivity contribution in [3.05, 3.63) is 87.9 Å². The summed E-state index contributed by atoms with van der Waals surface area (Å²) in [5, 5.41) is 0.702. The van der Waals surface area contributed by atoms with Gasteiger partial charge in [-0.05, 0) is 48.9 Å². The number of para-hydroxylation sites is 2. The summed E-state index contributed by atoms with van der Waals surface area (Å²) in [6.45, 7) is 3.76. The van der Waals surface area contributed by atoms with Gasteiger partial charge in [0.05, 0.1) is 34.3 Å². The standard InChI is InChI=1S/C27H29Cl2N3O4S/c1-20-7-10-22(11-8-20)37(34,35)32(18-21-9-12-23(28)24(29)17-21)19-27(33)31-15-13-30(14-16-31)25-5-3-4-6-26(25)36-2/h3-12,17H,13-16,18-19H2,1-2H3. The molecule has 4 rings (SSSR count). The van der Waals surface area contributed by atoms with Gasteiger partial charge in [-0.25, -0.2) is 8.42 Å². The van der Waals surface area contributed by atoms with E-state index in [0.717, 1.165) is 17.0 Å². The van der Waals surface area contributed by atoms with Crippen molar-refractivity contribution in [1.82, 2.24) is 9.21 Å². The van der Waals surface area contributed by atoms with E-state index in [9.17, 15) is 13.2 Å². The van der Waals surface area contributed by atoms with Crippen LogP contribution < -0.4 is 9.64 Å². The van der Waals surface area contributed by atoms with Crippen molar-refractivity contribution in [2.45, 2.75) is 18.4 Å². The van der Waals surface area contributed by atoms with Crippen LogP contribution in [0.15, 0.2) is 71.6 Å². The Morgan fingerprint density at radius 1 is 0.946 bits per heavy atom. The third kappa shape index (κ3) is 6.38. The van der Waals surface area contributed by atoms with Gasteiger partial charge in [0.2, 0.25) is 15.9 Å². The molecule has 0 spiro atoms. The molecular formula is C27H29Cl2N3O4S. The quantitative estimate of drug-likeness (QED) is 0.393. The number of carbonyl (C=O) groups excluding carboxylic acids is 1. The second-order valence-electron chi connectivity index (χ2n) is 8.87. The number of methoxy groups -OCH3 is 1. The van der Waals surface area contributed by atoms with Gasteiger partial charge in [0.25, 0.3) is 0 Å². The molecule has 1 aliphatic heterocycles. The number of halogens is 2. The molecule has 0 bridgehead atoms. The van der Waals surface area contributed by atoms with Crippen LogP contribution in [-0.2, 0) is 21.4 Å².